The van der Waals surface area contributed by atoms with Crippen molar-refractivity contribution in [2.45, 2.75) is 5.16 Å². The molecule has 0 amide bonds. The Kier molecular flexibility index (Phi) is 4.80. The van der Waals surface area contributed by atoms with E-state index < -0.39 is 0 Å². The third-order valence-corrected chi connectivity index (χ3v) is 3.69. The quantitative estimate of drug-likeness (QED) is 0.751. The van der Waals surface area contributed by atoms with Gasteiger partial charge >= 0.3 is 0 Å². The maximum atomic E-state index is 4.60. The van der Waals surface area contributed by atoms with Gasteiger partial charge in [-0.15, -0.1) is 22.6 Å². The summed E-state index contributed by atoms with van der Waals surface area (Å²) in [5.74, 6) is 0.961. The van der Waals surface area contributed by atoms with Crippen LogP contribution >= 0.6 is 24.2 Å². The van der Waals surface area contributed by atoms with Crippen LogP contribution in [0.1, 0.15) is 0 Å². The molecule has 0 saturated heterocycles. The summed E-state index contributed by atoms with van der Waals surface area (Å²) >= 11 is 1.64. The third kappa shape index (κ3) is 3.03. The van der Waals surface area contributed by atoms with Gasteiger partial charge in [0.05, 0.1) is 0 Å². The van der Waals surface area contributed by atoms with Crippen LogP contribution in [0.5, 0.6) is 0 Å². The van der Waals surface area contributed by atoms with E-state index >= 15 is 0 Å². The van der Waals surface area contributed by atoms with Crippen LogP contribution in [0.3, 0.4) is 0 Å². The number of para-hydroxylation sites is 1. The maximum absolute atomic E-state index is 4.60. The molecule has 3 aromatic rings. The van der Waals surface area contributed by atoms with Crippen LogP contribution in [0.4, 0.5) is 0 Å². The lowest BCUT2D eigenvalue weighted by Crippen LogP contribution is -2.14. The Labute approximate surface area is 127 Å². The Morgan fingerprint density at radius 3 is 2.80 bits per heavy atom. The fourth-order valence-electron chi connectivity index (χ4n) is 1.89. The molecular formula is C13H16ClN5S. The number of nitrogens with one attached hydrogen (secondary N) is 1. The van der Waals surface area contributed by atoms with Gasteiger partial charge in [0.2, 0.25) is 5.16 Å². The van der Waals surface area contributed by atoms with E-state index in [1.165, 1.54) is 0 Å². The Bertz CT molecular complexity index is 712. The zero-order valence-corrected chi connectivity index (χ0v) is 13.0. The Hall–Kier alpha value is -1.37. The summed E-state index contributed by atoms with van der Waals surface area (Å²) in [6.45, 7) is 1.000. The molecule has 0 fully saturated rings. The van der Waals surface area contributed by atoms with Gasteiger partial charge in [0, 0.05) is 23.2 Å². The monoisotopic (exact) mass is 309 g/mol. The van der Waals surface area contributed by atoms with Crippen molar-refractivity contribution in [2.75, 3.05) is 26.4 Å². The lowest BCUT2D eigenvalue weighted by Gasteiger charge is -2.07. The van der Waals surface area contributed by atoms with E-state index in [1.807, 2.05) is 18.2 Å². The molecule has 2 aromatic heterocycles. The molecule has 2 heterocycles. The average Bonchev–Trinajstić information content (AvgIpc) is 2.76. The first-order valence-corrected chi connectivity index (χ1v) is 7.11. The van der Waals surface area contributed by atoms with Gasteiger partial charge < -0.3 is 9.88 Å². The van der Waals surface area contributed by atoms with Crippen molar-refractivity contribution >= 4 is 46.2 Å². The van der Waals surface area contributed by atoms with Gasteiger partial charge in [-0.3, -0.25) is 0 Å². The summed E-state index contributed by atoms with van der Waals surface area (Å²) in [6, 6.07) is 8.09. The largest absolute Gasteiger partial charge is 0.336 e. The first-order chi connectivity index (χ1) is 9.24. The van der Waals surface area contributed by atoms with E-state index in [0.717, 1.165) is 39.5 Å². The smallest absolute Gasteiger partial charge is 0.209 e. The number of nitrogens with zero attached hydrogens (tertiary/aromatic N) is 4. The van der Waals surface area contributed by atoms with Crippen molar-refractivity contribution < 1.29 is 0 Å². The molecule has 0 aliphatic carbocycles. The first kappa shape index (κ1) is 15.0. The number of thioether (sulfide) groups is 1. The van der Waals surface area contributed by atoms with Gasteiger partial charge in [-0.25, -0.2) is 4.98 Å². The molecule has 1 N–H and O–H groups in total. The third-order valence-electron chi connectivity index (χ3n) is 2.87. The molecule has 0 bridgehead atoms. The van der Waals surface area contributed by atoms with Gasteiger partial charge in [0.15, 0.2) is 5.65 Å². The van der Waals surface area contributed by atoms with E-state index in [1.54, 1.807) is 11.8 Å². The summed E-state index contributed by atoms with van der Waals surface area (Å²) in [6.07, 6.45) is 0. The van der Waals surface area contributed by atoms with Crippen molar-refractivity contribution in [1.29, 1.82) is 0 Å². The van der Waals surface area contributed by atoms with Crippen LogP contribution in [0.2, 0.25) is 0 Å². The van der Waals surface area contributed by atoms with E-state index in [-0.39, 0.29) is 12.4 Å². The highest BCUT2D eigenvalue weighted by Crippen LogP contribution is 2.23. The standard InChI is InChI=1S/C13H15N5S.ClH/c1-18(2)7-8-19-13-15-11-9-5-3-4-6-10(9)14-12(11)16-17-13;/h3-6H,7-8H2,1-2H3,(H,14,16);1H. The normalized spacial score (nSPS) is 11.2. The molecule has 0 spiro atoms. The molecule has 20 heavy (non-hydrogen) atoms. The van der Waals surface area contributed by atoms with Crippen molar-refractivity contribution in [3.05, 3.63) is 24.3 Å². The predicted molar refractivity (Wildman–Crippen MR) is 85.7 cm³/mol. The lowest BCUT2D eigenvalue weighted by molar-refractivity contribution is 0.437. The number of fused-ring (bicyclic) bond motifs is 3. The topological polar surface area (TPSA) is 57.7 Å². The van der Waals surface area contributed by atoms with Crippen molar-refractivity contribution in [3.8, 4) is 0 Å². The summed E-state index contributed by atoms with van der Waals surface area (Å²) in [5, 5.41) is 10.2. The molecule has 7 heteroatoms. The molecule has 0 aliphatic rings. The van der Waals surface area contributed by atoms with Crippen LogP contribution in [-0.4, -0.2) is 51.5 Å². The Balaban J connectivity index is 0.00000147. The minimum atomic E-state index is 0. The lowest BCUT2D eigenvalue weighted by atomic mass is 10.2. The molecule has 0 radical (unpaired) electrons. The van der Waals surface area contributed by atoms with E-state index in [4.69, 9.17) is 0 Å². The van der Waals surface area contributed by atoms with Crippen LogP contribution < -0.4 is 0 Å². The van der Waals surface area contributed by atoms with Crippen molar-refractivity contribution in [1.82, 2.24) is 25.1 Å². The minimum absolute atomic E-state index is 0. The molecule has 0 aliphatic heterocycles. The predicted octanol–water partition coefficient (Wildman–Crippen LogP) is 2.58. The average molecular weight is 310 g/mol. The van der Waals surface area contributed by atoms with Crippen LogP contribution in [0, 0.1) is 0 Å². The van der Waals surface area contributed by atoms with Crippen LogP contribution in [0.15, 0.2) is 29.4 Å². The number of aromatic nitrogens is 4. The maximum Gasteiger partial charge on any atom is 0.209 e. The second-order valence-corrected chi connectivity index (χ2v) is 5.68. The number of H-pyrrole nitrogens is 1. The summed E-state index contributed by atoms with van der Waals surface area (Å²) in [5.41, 5.74) is 2.70. The zero-order valence-electron chi connectivity index (χ0n) is 11.3. The Morgan fingerprint density at radius 2 is 2.00 bits per heavy atom. The molecular weight excluding hydrogens is 294 g/mol. The summed E-state index contributed by atoms with van der Waals surface area (Å²) in [4.78, 5) is 9.97. The second kappa shape index (κ2) is 6.39. The SMILES string of the molecule is CN(C)CCSc1nnc2[nH]c3ccccc3c2n1.Cl. The molecule has 0 unspecified atom stereocenters. The number of hydrogen-bond acceptors (Lipinski definition) is 5. The first-order valence-electron chi connectivity index (χ1n) is 6.13. The fourth-order valence-corrected chi connectivity index (χ4v) is 2.78. The van der Waals surface area contributed by atoms with Gasteiger partial charge in [-0.05, 0) is 20.2 Å². The highest BCUT2D eigenvalue weighted by Gasteiger charge is 2.08. The molecule has 106 valence electrons. The van der Waals surface area contributed by atoms with E-state index in [9.17, 15) is 0 Å². The van der Waals surface area contributed by atoms with E-state index in [2.05, 4.69) is 45.2 Å². The minimum Gasteiger partial charge on any atom is -0.336 e. The number of halogens is 1. The molecule has 1 aromatic carbocycles. The molecule has 5 nitrogen and oxygen atoms in total. The highest BCUT2D eigenvalue weighted by atomic mass is 35.5. The van der Waals surface area contributed by atoms with Gasteiger partial charge in [0.25, 0.3) is 0 Å². The zero-order chi connectivity index (χ0) is 13.2. The number of hydrogen-bond donors (Lipinski definition) is 1. The summed E-state index contributed by atoms with van der Waals surface area (Å²) in [7, 11) is 4.12. The van der Waals surface area contributed by atoms with Crippen molar-refractivity contribution in [3.63, 3.8) is 0 Å². The van der Waals surface area contributed by atoms with Crippen LogP contribution in [-0.2, 0) is 0 Å². The van der Waals surface area contributed by atoms with Gasteiger partial charge in [-0.2, -0.15) is 0 Å². The Morgan fingerprint density at radius 1 is 1.20 bits per heavy atom. The molecule has 3 rings (SSSR count). The summed E-state index contributed by atoms with van der Waals surface area (Å²) < 4.78 is 0. The highest BCUT2D eigenvalue weighted by molar-refractivity contribution is 7.99. The number of aromatic amines is 1. The number of benzene rings is 1. The molecule has 0 atom stereocenters. The second-order valence-electron chi connectivity index (χ2n) is 4.61. The van der Waals surface area contributed by atoms with Crippen molar-refractivity contribution in [2.24, 2.45) is 0 Å². The van der Waals surface area contributed by atoms with Gasteiger partial charge in [0.1, 0.15) is 5.52 Å². The van der Waals surface area contributed by atoms with Gasteiger partial charge in [-0.1, -0.05) is 30.0 Å². The fraction of sp³-hybridized carbons (Fsp3) is 0.308. The van der Waals surface area contributed by atoms with Crippen LogP contribution in [0.25, 0.3) is 22.1 Å². The van der Waals surface area contributed by atoms with E-state index in [0.29, 0.717) is 0 Å². The number of rotatable bonds is 4. The molecule has 0 saturated carbocycles.